The molecule has 0 spiro atoms. The normalized spacial score (nSPS) is 17.9. The number of methoxy groups -OCH3 is 1. The van der Waals surface area contributed by atoms with Gasteiger partial charge in [-0.3, -0.25) is 14.7 Å². The van der Waals surface area contributed by atoms with E-state index >= 15 is 0 Å². The molecule has 0 radical (unpaired) electrons. The Balaban J connectivity index is 1.39. The van der Waals surface area contributed by atoms with Gasteiger partial charge in [0.2, 0.25) is 5.91 Å². The third-order valence-corrected chi connectivity index (χ3v) is 6.63. The summed E-state index contributed by atoms with van der Waals surface area (Å²) >= 11 is 0. The Morgan fingerprint density at radius 2 is 1.94 bits per heavy atom. The molecule has 1 unspecified atom stereocenters. The van der Waals surface area contributed by atoms with E-state index in [2.05, 4.69) is 21.6 Å². The molecule has 2 heterocycles. The zero-order valence-corrected chi connectivity index (χ0v) is 18.8. The molecular weight excluding hydrogens is 416 g/mol. The average molecular weight is 445 g/mol. The summed E-state index contributed by atoms with van der Waals surface area (Å²) in [7, 11) is 1.65. The number of nitrogens with one attached hydrogen (secondary N) is 2. The van der Waals surface area contributed by atoms with Crippen LogP contribution in [0.25, 0.3) is 11.1 Å². The summed E-state index contributed by atoms with van der Waals surface area (Å²) < 4.78 is 5.25. The molecule has 1 aliphatic carbocycles. The van der Waals surface area contributed by atoms with Crippen LogP contribution in [0.15, 0.2) is 48.5 Å². The molecule has 1 fully saturated rings. The third-order valence-electron chi connectivity index (χ3n) is 6.63. The van der Waals surface area contributed by atoms with Gasteiger partial charge in [0, 0.05) is 30.8 Å². The predicted octanol–water partition coefficient (Wildman–Crippen LogP) is 3.15. The highest BCUT2D eigenvalue weighted by molar-refractivity contribution is 5.98. The van der Waals surface area contributed by atoms with Crippen molar-refractivity contribution < 1.29 is 14.3 Å². The van der Waals surface area contributed by atoms with E-state index in [9.17, 15) is 9.59 Å². The van der Waals surface area contributed by atoms with Crippen molar-refractivity contribution in [3.8, 4) is 16.9 Å². The summed E-state index contributed by atoms with van der Waals surface area (Å²) in [4.78, 5) is 28.0. The lowest BCUT2D eigenvalue weighted by atomic mass is 9.94. The Kier molecular flexibility index (Phi) is 5.86. The molecule has 7 nitrogen and oxygen atoms in total. The molecule has 2 N–H and O–H groups in total. The topological polar surface area (TPSA) is 87.3 Å². The Labute approximate surface area is 193 Å². The summed E-state index contributed by atoms with van der Waals surface area (Å²) in [6, 6.07) is 15.5. The Morgan fingerprint density at radius 1 is 1.12 bits per heavy atom. The number of carbonyl (C=O) groups excluding carboxylic acids is 2. The van der Waals surface area contributed by atoms with E-state index < -0.39 is 6.04 Å². The molecular formula is C26H28N4O3. The number of ether oxygens (including phenoxy) is 1. The molecule has 0 bridgehead atoms. The summed E-state index contributed by atoms with van der Waals surface area (Å²) in [5.41, 5.74) is 5.71. The van der Waals surface area contributed by atoms with Crippen LogP contribution >= 0.6 is 0 Å². The largest absolute Gasteiger partial charge is 0.497 e. The fraction of sp³-hybridized carbons (Fsp3) is 0.346. The predicted molar refractivity (Wildman–Crippen MR) is 125 cm³/mol. The smallest absolute Gasteiger partial charge is 0.275 e. The first kappa shape index (κ1) is 21.2. The molecule has 1 saturated heterocycles. The van der Waals surface area contributed by atoms with Gasteiger partial charge in [-0.15, -0.1) is 0 Å². The maximum atomic E-state index is 13.5. The highest BCUT2D eigenvalue weighted by atomic mass is 16.5. The Morgan fingerprint density at radius 3 is 2.76 bits per heavy atom. The maximum Gasteiger partial charge on any atom is 0.275 e. The van der Waals surface area contributed by atoms with Gasteiger partial charge < -0.3 is 15.0 Å². The van der Waals surface area contributed by atoms with Crippen LogP contribution in [-0.2, 0) is 24.1 Å². The zero-order chi connectivity index (χ0) is 22.8. The molecule has 0 saturated carbocycles. The van der Waals surface area contributed by atoms with Gasteiger partial charge >= 0.3 is 0 Å². The van der Waals surface area contributed by atoms with E-state index in [-0.39, 0.29) is 11.8 Å². The highest BCUT2D eigenvalue weighted by Gasteiger charge is 2.36. The van der Waals surface area contributed by atoms with Crippen molar-refractivity contribution in [3.05, 3.63) is 71.0 Å². The Hall–Kier alpha value is -3.61. The second-order valence-corrected chi connectivity index (χ2v) is 8.67. The second-order valence-electron chi connectivity index (χ2n) is 8.67. The first-order valence-corrected chi connectivity index (χ1v) is 11.5. The van der Waals surface area contributed by atoms with E-state index in [4.69, 9.17) is 4.74 Å². The fourth-order valence-electron chi connectivity index (χ4n) is 4.84. The number of fused-ring (bicyclic) bond motifs is 1. The van der Waals surface area contributed by atoms with E-state index in [1.807, 2.05) is 42.5 Å². The number of aromatic nitrogens is 2. The molecule has 2 aliphatic rings. The van der Waals surface area contributed by atoms with Gasteiger partial charge in [-0.05, 0) is 54.5 Å². The molecule has 33 heavy (non-hydrogen) atoms. The van der Waals surface area contributed by atoms with Crippen LogP contribution in [0, 0.1) is 0 Å². The van der Waals surface area contributed by atoms with Crippen LogP contribution in [0.5, 0.6) is 5.75 Å². The highest BCUT2D eigenvalue weighted by Crippen LogP contribution is 2.26. The van der Waals surface area contributed by atoms with E-state index in [0.29, 0.717) is 25.2 Å². The van der Waals surface area contributed by atoms with Crippen molar-refractivity contribution in [2.45, 2.75) is 38.1 Å². The molecule has 3 aromatic rings. The number of aromatic amines is 1. The summed E-state index contributed by atoms with van der Waals surface area (Å²) in [5, 5.41) is 10.3. The minimum absolute atomic E-state index is 0.117. The quantitative estimate of drug-likeness (QED) is 0.633. The van der Waals surface area contributed by atoms with Gasteiger partial charge in [0.15, 0.2) is 5.69 Å². The lowest BCUT2D eigenvalue weighted by molar-refractivity contribution is -0.127. The summed E-state index contributed by atoms with van der Waals surface area (Å²) in [6.45, 7) is 0.939. The van der Waals surface area contributed by atoms with Crippen molar-refractivity contribution >= 4 is 11.8 Å². The van der Waals surface area contributed by atoms with Crippen LogP contribution in [0.1, 0.15) is 40.2 Å². The van der Waals surface area contributed by atoms with Crippen LogP contribution < -0.4 is 10.1 Å². The zero-order valence-electron chi connectivity index (χ0n) is 18.8. The molecule has 5 rings (SSSR count). The van der Waals surface area contributed by atoms with Crippen LogP contribution in [0.2, 0.25) is 0 Å². The number of aryl methyl sites for hydroxylation is 1. The van der Waals surface area contributed by atoms with Crippen molar-refractivity contribution in [2.24, 2.45) is 0 Å². The lowest BCUT2D eigenvalue weighted by Gasteiger charge is -2.35. The van der Waals surface area contributed by atoms with Crippen LogP contribution in [-0.4, -0.2) is 53.2 Å². The minimum atomic E-state index is -0.562. The number of benzene rings is 2. The van der Waals surface area contributed by atoms with E-state index in [1.54, 1.807) is 12.0 Å². The summed E-state index contributed by atoms with van der Waals surface area (Å²) in [6.07, 6.45) is 4.42. The number of piperazine rings is 1. The Bertz CT molecular complexity index is 1170. The number of H-pyrrole nitrogens is 1. The molecule has 1 aromatic heterocycles. The fourth-order valence-corrected chi connectivity index (χ4v) is 4.84. The maximum absolute atomic E-state index is 13.5. The first-order valence-electron chi connectivity index (χ1n) is 11.5. The second kappa shape index (κ2) is 9.10. The van der Waals surface area contributed by atoms with Gasteiger partial charge in [0.05, 0.1) is 7.11 Å². The van der Waals surface area contributed by atoms with Crippen molar-refractivity contribution in [3.63, 3.8) is 0 Å². The van der Waals surface area contributed by atoms with Gasteiger partial charge in [-0.1, -0.05) is 36.4 Å². The minimum Gasteiger partial charge on any atom is -0.497 e. The number of hydrogen-bond donors (Lipinski definition) is 2. The average Bonchev–Trinajstić information content (AvgIpc) is 3.29. The molecule has 7 heteroatoms. The summed E-state index contributed by atoms with van der Waals surface area (Å²) in [5.74, 6) is 0.540. The monoisotopic (exact) mass is 444 g/mol. The SMILES string of the molecule is COc1ccc(-c2cccc(CC3C(=O)NCCN3C(=O)c3n[nH]c4c3CCCC4)c2)cc1. The first-order chi connectivity index (χ1) is 16.1. The molecule has 170 valence electrons. The number of rotatable bonds is 5. The number of nitrogens with zero attached hydrogens (tertiary/aromatic N) is 2. The van der Waals surface area contributed by atoms with E-state index in [0.717, 1.165) is 59.4 Å². The van der Waals surface area contributed by atoms with Gasteiger partial charge in [0.1, 0.15) is 11.8 Å². The van der Waals surface area contributed by atoms with Gasteiger partial charge in [0.25, 0.3) is 5.91 Å². The van der Waals surface area contributed by atoms with Gasteiger partial charge in [-0.2, -0.15) is 5.10 Å². The molecule has 1 atom stereocenters. The van der Waals surface area contributed by atoms with Crippen molar-refractivity contribution in [1.29, 1.82) is 0 Å². The third kappa shape index (κ3) is 4.23. The number of amides is 2. The van der Waals surface area contributed by atoms with Gasteiger partial charge in [-0.25, -0.2) is 0 Å². The number of carbonyl (C=O) groups is 2. The number of hydrogen-bond acceptors (Lipinski definition) is 4. The van der Waals surface area contributed by atoms with E-state index in [1.165, 1.54) is 0 Å². The van der Waals surface area contributed by atoms with Crippen molar-refractivity contribution in [1.82, 2.24) is 20.4 Å². The molecule has 2 amide bonds. The van der Waals surface area contributed by atoms with Crippen molar-refractivity contribution in [2.75, 3.05) is 20.2 Å². The molecule has 2 aromatic carbocycles. The molecule has 1 aliphatic heterocycles. The van der Waals surface area contributed by atoms with Crippen LogP contribution in [0.3, 0.4) is 0 Å². The van der Waals surface area contributed by atoms with Crippen LogP contribution in [0.4, 0.5) is 0 Å². The lowest BCUT2D eigenvalue weighted by Crippen LogP contribution is -2.58. The standard InChI is InChI=1S/C26H28N4O3/c1-33-20-11-9-18(10-12-20)19-6-4-5-17(15-19)16-23-25(31)27-13-14-30(23)26(32)24-21-7-2-3-8-22(21)28-29-24/h4-6,9-12,15,23H,2-3,7-8,13-14,16H2,1H3,(H,27,31)(H,28,29).